The van der Waals surface area contributed by atoms with Gasteiger partial charge in [0.25, 0.3) is 0 Å². The van der Waals surface area contributed by atoms with E-state index in [1.807, 2.05) is 0 Å². The lowest BCUT2D eigenvalue weighted by atomic mass is 10.1. The Hall–Kier alpha value is -0.120. The highest BCUT2D eigenvalue weighted by atomic mass is 15.3. The summed E-state index contributed by atoms with van der Waals surface area (Å²) >= 11 is 0. The summed E-state index contributed by atoms with van der Waals surface area (Å²) in [6, 6.07) is 0.833. The van der Waals surface area contributed by atoms with Crippen LogP contribution >= 0.6 is 0 Å². The van der Waals surface area contributed by atoms with Gasteiger partial charge in [-0.25, -0.2) is 0 Å². The summed E-state index contributed by atoms with van der Waals surface area (Å²) in [6.45, 7) is 19.6. The maximum atomic E-state index is 2.75. The summed E-state index contributed by atoms with van der Waals surface area (Å²) in [5.74, 6) is 1.61. The number of nitrogens with zero attached hydrogens (tertiary/aromatic N) is 3. The maximum Gasteiger partial charge on any atom is 0.0236 e. The highest BCUT2D eigenvalue weighted by Gasteiger charge is 2.29. The quantitative estimate of drug-likeness (QED) is 0.754. The van der Waals surface area contributed by atoms with Crippen molar-refractivity contribution in [3.63, 3.8) is 0 Å². The number of piperazine rings is 1. The normalized spacial score (nSPS) is 27.8. The van der Waals surface area contributed by atoms with Crippen molar-refractivity contribution in [1.82, 2.24) is 14.7 Å². The summed E-state index contributed by atoms with van der Waals surface area (Å²) in [7, 11) is 0. The molecule has 0 N–H and O–H groups in total. The molecule has 19 heavy (non-hydrogen) atoms. The SMILES string of the molecule is CC(C)CN1CCN(C2CCN(CC(C)C)C2)CC1. The molecule has 2 aliphatic rings. The second-order valence-corrected chi connectivity index (χ2v) is 7.33. The molecule has 0 radical (unpaired) electrons. The fourth-order valence-electron chi connectivity index (χ4n) is 3.62. The minimum Gasteiger partial charge on any atom is -0.301 e. The third kappa shape index (κ3) is 4.73. The molecule has 0 spiro atoms. The van der Waals surface area contributed by atoms with E-state index in [0.717, 1.165) is 17.9 Å². The van der Waals surface area contributed by atoms with Gasteiger partial charge in [-0.15, -0.1) is 0 Å². The van der Waals surface area contributed by atoms with E-state index in [-0.39, 0.29) is 0 Å². The Labute approximate surface area is 119 Å². The van der Waals surface area contributed by atoms with E-state index >= 15 is 0 Å². The number of hydrogen-bond acceptors (Lipinski definition) is 3. The minimum absolute atomic E-state index is 0.805. The number of likely N-dealkylation sites (tertiary alicyclic amines) is 1. The predicted octanol–water partition coefficient (Wildman–Crippen LogP) is 1.99. The van der Waals surface area contributed by atoms with E-state index in [1.54, 1.807) is 0 Å². The lowest BCUT2D eigenvalue weighted by molar-refractivity contribution is 0.0901. The zero-order chi connectivity index (χ0) is 13.8. The molecule has 0 amide bonds. The molecule has 2 saturated heterocycles. The van der Waals surface area contributed by atoms with Gasteiger partial charge in [0.2, 0.25) is 0 Å². The average molecular weight is 267 g/mol. The second kappa shape index (κ2) is 7.05. The summed E-state index contributed by atoms with van der Waals surface area (Å²) < 4.78 is 0. The third-order valence-corrected chi connectivity index (χ3v) is 4.42. The van der Waals surface area contributed by atoms with Crippen LogP contribution in [0.15, 0.2) is 0 Å². The first-order chi connectivity index (χ1) is 9.04. The molecule has 112 valence electrons. The standard InChI is InChI=1S/C16H33N3/c1-14(2)11-17-7-9-19(10-8-17)16-5-6-18(13-16)12-15(3)4/h14-16H,5-13H2,1-4H3. The van der Waals surface area contributed by atoms with Crippen LogP contribution < -0.4 is 0 Å². The number of hydrogen-bond donors (Lipinski definition) is 0. The van der Waals surface area contributed by atoms with Gasteiger partial charge in [-0.05, 0) is 24.8 Å². The summed E-state index contributed by atoms with van der Waals surface area (Å²) in [5, 5.41) is 0. The molecule has 3 heteroatoms. The zero-order valence-corrected chi connectivity index (χ0v) is 13.4. The van der Waals surface area contributed by atoms with Gasteiger partial charge in [0.15, 0.2) is 0 Å². The lowest BCUT2D eigenvalue weighted by Crippen LogP contribution is -2.51. The molecule has 0 aliphatic carbocycles. The summed E-state index contributed by atoms with van der Waals surface area (Å²) in [6.07, 6.45) is 1.39. The van der Waals surface area contributed by atoms with Crippen molar-refractivity contribution in [2.75, 3.05) is 52.4 Å². The molecule has 3 nitrogen and oxygen atoms in total. The van der Waals surface area contributed by atoms with Gasteiger partial charge in [0.05, 0.1) is 0 Å². The molecule has 2 heterocycles. The molecule has 0 aromatic carbocycles. The first kappa shape index (κ1) is 15.3. The molecular weight excluding hydrogens is 234 g/mol. The molecule has 0 bridgehead atoms. The topological polar surface area (TPSA) is 9.72 Å². The Morgan fingerprint density at radius 1 is 0.789 bits per heavy atom. The van der Waals surface area contributed by atoms with E-state index in [0.29, 0.717) is 0 Å². The van der Waals surface area contributed by atoms with Crippen molar-refractivity contribution in [3.05, 3.63) is 0 Å². The highest BCUT2D eigenvalue weighted by molar-refractivity contribution is 4.86. The van der Waals surface area contributed by atoms with Crippen LogP contribution in [-0.4, -0.2) is 73.1 Å². The first-order valence-electron chi connectivity index (χ1n) is 8.23. The van der Waals surface area contributed by atoms with Crippen molar-refractivity contribution >= 4 is 0 Å². The number of rotatable bonds is 5. The molecule has 0 aromatic heterocycles. The Morgan fingerprint density at radius 2 is 1.37 bits per heavy atom. The Kier molecular flexibility index (Phi) is 5.67. The molecule has 2 fully saturated rings. The first-order valence-corrected chi connectivity index (χ1v) is 8.23. The van der Waals surface area contributed by atoms with Gasteiger partial charge >= 0.3 is 0 Å². The van der Waals surface area contributed by atoms with Gasteiger partial charge < -0.3 is 9.80 Å². The van der Waals surface area contributed by atoms with Gasteiger partial charge in [-0.2, -0.15) is 0 Å². The fraction of sp³-hybridized carbons (Fsp3) is 1.00. The van der Waals surface area contributed by atoms with Crippen molar-refractivity contribution in [1.29, 1.82) is 0 Å². The molecular formula is C16H33N3. The average Bonchev–Trinajstić information content (AvgIpc) is 2.76. The third-order valence-electron chi connectivity index (χ3n) is 4.42. The Balaban J connectivity index is 1.70. The Bertz CT molecular complexity index is 257. The van der Waals surface area contributed by atoms with Crippen LogP contribution in [0.25, 0.3) is 0 Å². The van der Waals surface area contributed by atoms with Gasteiger partial charge in [0, 0.05) is 51.9 Å². The van der Waals surface area contributed by atoms with Crippen LogP contribution in [0.1, 0.15) is 34.1 Å². The molecule has 0 aromatic rings. The van der Waals surface area contributed by atoms with Crippen LogP contribution in [0, 0.1) is 11.8 Å². The van der Waals surface area contributed by atoms with E-state index in [2.05, 4.69) is 42.4 Å². The summed E-state index contributed by atoms with van der Waals surface area (Å²) in [5.41, 5.74) is 0. The minimum atomic E-state index is 0.805. The van der Waals surface area contributed by atoms with Crippen LogP contribution in [0.3, 0.4) is 0 Å². The maximum absolute atomic E-state index is 2.75. The van der Waals surface area contributed by atoms with Gasteiger partial charge in [-0.3, -0.25) is 4.90 Å². The van der Waals surface area contributed by atoms with Crippen LogP contribution in [0.2, 0.25) is 0 Å². The van der Waals surface area contributed by atoms with Crippen LogP contribution in [-0.2, 0) is 0 Å². The largest absolute Gasteiger partial charge is 0.301 e. The van der Waals surface area contributed by atoms with Crippen LogP contribution in [0.5, 0.6) is 0 Å². The van der Waals surface area contributed by atoms with Crippen molar-refractivity contribution < 1.29 is 0 Å². The Morgan fingerprint density at radius 3 is 1.95 bits per heavy atom. The highest BCUT2D eigenvalue weighted by Crippen LogP contribution is 2.18. The van der Waals surface area contributed by atoms with E-state index < -0.39 is 0 Å². The van der Waals surface area contributed by atoms with Gasteiger partial charge in [-0.1, -0.05) is 27.7 Å². The second-order valence-electron chi connectivity index (χ2n) is 7.33. The molecule has 0 saturated carbocycles. The van der Waals surface area contributed by atoms with Crippen molar-refractivity contribution in [2.45, 2.75) is 40.2 Å². The smallest absolute Gasteiger partial charge is 0.0236 e. The fourth-order valence-corrected chi connectivity index (χ4v) is 3.62. The summed E-state index contributed by atoms with van der Waals surface area (Å²) in [4.78, 5) is 8.05. The predicted molar refractivity (Wildman–Crippen MR) is 82.5 cm³/mol. The molecule has 1 unspecified atom stereocenters. The van der Waals surface area contributed by atoms with Crippen molar-refractivity contribution in [2.24, 2.45) is 11.8 Å². The zero-order valence-electron chi connectivity index (χ0n) is 13.4. The van der Waals surface area contributed by atoms with Gasteiger partial charge in [0.1, 0.15) is 0 Å². The monoisotopic (exact) mass is 267 g/mol. The van der Waals surface area contributed by atoms with E-state index in [9.17, 15) is 0 Å². The van der Waals surface area contributed by atoms with E-state index in [4.69, 9.17) is 0 Å². The molecule has 2 aliphatic heterocycles. The van der Waals surface area contributed by atoms with E-state index in [1.165, 1.54) is 58.8 Å². The molecule has 1 atom stereocenters. The van der Waals surface area contributed by atoms with Crippen molar-refractivity contribution in [3.8, 4) is 0 Å². The molecule has 2 rings (SSSR count). The lowest BCUT2D eigenvalue weighted by Gasteiger charge is -2.38. The van der Waals surface area contributed by atoms with Crippen LogP contribution in [0.4, 0.5) is 0 Å².